The van der Waals surface area contributed by atoms with Gasteiger partial charge >= 0.3 is 0 Å². The molecule has 0 spiro atoms. The number of hydrogen-bond acceptors (Lipinski definition) is 4. The van der Waals surface area contributed by atoms with Crippen LogP contribution in [0.1, 0.15) is 29.5 Å². The predicted molar refractivity (Wildman–Crippen MR) is 311 cm³/mol. The molecule has 0 atom stereocenters. The van der Waals surface area contributed by atoms with Crippen molar-refractivity contribution < 1.29 is 0 Å². The lowest BCUT2D eigenvalue weighted by Crippen LogP contribution is -2.26. The quantitative estimate of drug-likeness (QED) is 0.145. The molecule has 8 aromatic carbocycles. The summed E-state index contributed by atoms with van der Waals surface area (Å²) in [5.41, 5.74) is 22.8. The van der Waals surface area contributed by atoms with Crippen molar-refractivity contribution in [2.45, 2.75) is 12.8 Å². The second-order valence-corrected chi connectivity index (χ2v) is 19.6. The van der Waals surface area contributed by atoms with Crippen molar-refractivity contribution >= 4 is 55.5 Å². The molecule has 15 rings (SSSR count). The van der Waals surface area contributed by atoms with E-state index in [1.54, 1.807) is 0 Å². The van der Waals surface area contributed by atoms with Crippen molar-refractivity contribution in [3.8, 4) is 45.5 Å². The molecule has 0 radical (unpaired) electrons. The summed E-state index contributed by atoms with van der Waals surface area (Å²) in [6.07, 6.45) is 22.8. The third kappa shape index (κ3) is 7.39. The van der Waals surface area contributed by atoms with Crippen LogP contribution in [0.3, 0.4) is 0 Å². The number of para-hydroxylation sites is 8. The molecule has 11 aromatic rings. The van der Waals surface area contributed by atoms with Crippen molar-refractivity contribution in [3.05, 3.63) is 295 Å². The van der Waals surface area contributed by atoms with Crippen LogP contribution in [0.2, 0.25) is 0 Å². The van der Waals surface area contributed by atoms with Gasteiger partial charge in [-0.3, -0.25) is 13.7 Å². The summed E-state index contributed by atoms with van der Waals surface area (Å²) < 4.78 is 6.82. The van der Waals surface area contributed by atoms with E-state index in [-0.39, 0.29) is 0 Å². The van der Waals surface area contributed by atoms with Gasteiger partial charge in [0.05, 0.1) is 33.1 Å². The van der Waals surface area contributed by atoms with E-state index in [9.17, 15) is 0 Å². The third-order valence-corrected chi connectivity index (χ3v) is 15.0. The zero-order chi connectivity index (χ0) is 50.1. The van der Waals surface area contributed by atoms with Gasteiger partial charge in [0.15, 0.2) is 0 Å². The Hall–Kier alpha value is -10.1. The first-order valence-corrected chi connectivity index (χ1v) is 26.0. The van der Waals surface area contributed by atoms with E-state index in [1.807, 2.05) is 0 Å². The lowest BCUT2D eigenvalue weighted by Gasteiger charge is -2.37. The van der Waals surface area contributed by atoms with Gasteiger partial charge in [0, 0.05) is 50.9 Å². The molecule has 3 aromatic heterocycles. The molecular weight excluding hydrogens is 927 g/mol. The molecule has 0 amide bonds. The second-order valence-electron chi connectivity index (χ2n) is 19.6. The molecule has 0 fully saturated rings. The summed E-state index contributed by atoms with van der Waals surface area (Å²) in [5.74, 6) is 2.77. The molecule has 7 nitrogen and oxygen atoms in total. The number of nitrogens with zero attached hydrogens (tertiary/aromatic N) is 7. The van der Waals surface area contributed by atoms with Crippen molar-refractivity contribution in [3.63, 3.8) is 0 Å². The van der Waals surface area contributed by atoms with Crippen molar-refractivity contribution in [2.75, 3.05) is 0 Å². The van der Waals surface area contributed by atoms with E-state index in [2.05, 4.69) is 280 Å². The number of fused-ring (bicyclic) bond motifs is 3. The Morgan fingerprint density at radius 3 is 1.01 bits per heavy atom. The Labute approximate surface area is 440 Å². The van der Waals surface area contributed by atoms with Crippen molar-refractivity contribution in [1.82, 2.24) is 33.6 Å². The minimum atomic E-state index is 0.912. The summed E-state index contributed by atoms with van der Waals surface area (Å²) in [4.78, 5) is 17.9. The molecule has 0 bridgehead atoms. The van der Waals surface area contributed by atoms with Crippen LogP contribution in [0, 0.1) is 0 Å². The summed E-state index contributed by atoms with van der Waals surface area (Å²) in [6, 6.07) is 72.9. The normalized spacial score (nSPS) is 14.9. The first-order chi connectivity index (χ1) is 37.6. The van der Waals surface area contributed by atoms with Crippen LogP contribution in [0.5, 0.6) is 0 Å². The fourth-order valence-electron chi connectivity index (χ4n) is 11.3. The molecule has 0 saturated heterocycles. The molecule has 3 aliphatic heterocycles. The second kappa shape index (κ2) is 17.8. The summed E-state index contributed by atoms with van der Waals surface area (Å²) in [7, 11) is 0. The molecule has 1 aliphatic carbocycles. The van der Waals surface area contributed by atoms with Gasteiger partial charge in [-0.05, 0) is 149 Å². The lowest BCUT2D eigenvalue weighted by atomic mass is 9.89. The monoisotopic (exact) mass is 973 g/mol. The van der Waals surface area contributed by atoms with Crippen LogP contribution >= 0.6 is 0 Å². The van der Waals surface area contributed by atoms with Crippen molar-refractivity contribution in [2.24, 2.45) is 0 Å². The maximum Gasteiger partial charge on any atom is 0.145 e. The molecule has 0 N–H and O–H groups in total. The van der Waals surface area contributed by atoms with Gasteiger partial charge in [0.1, 0.15) is 17.5 Å². The molecular formula is C69H47N7. The van der Waals surface area contributed by atoms with E-state index in [0.29, 0.717) is 0 Å². The van der Waals surface area contributed by atoms with Crippen LogP contribution in [-0.2, 0) is 0 Å². The zero-order valence-corrected chi connectivity index (χ0v) is 41.4. The average molecular weight is 974 g/mol. The zero-order valence-electron chi connectivity index (χ0n) is 41.4. The van der Waals surface area contributed by atoms with Crippen molar-refractivity contribution in [1.29, 1.82) is 0 Å². The summed E-state index contributed by atoms with van der Waals surface area (Å²) in [6.45, 7) is 0. The number of allylic oxidation sites excluding steroid dienone is 13. The Kier molecular flexibility index (Phi) is 10.2. The van der Waals surface area contributed by atoms with Crippen LogP contribution < -0.4 is 0 Å². The van der Waals surface area contributed by atoms with E-state index >= 15 is 0 Å². The maximum absolute atomic E-state index is 5.19. The van der Waals surface area contributed by atoms with Gasteiger partial charge in [-0.25, -0.2) is 15.0 Å². The highest BCUT2D eigenvalue weighted by Gasteiger charge is 2.29. The SMILES string of the molecule is C1=CC(n2c(-c3ccc(C4=CC5=CC(c6ccc(-c7nc8ccccc8n7-c7ccccc7)cc6)=CC6=CC(c7ccc(-c8nc9ccccc9n8-c8ccccc8)cc7)=CC(=C4)N56)cc3)nc3ccccc32)=CCC1. The highest BCUT2D eigenvalue weighted by atomic mass is 15.2. The predicted octanol–water partition coefficient (Wildman–Crippen LogP) is 16.5. The smallest absolute Gasteiger partial charge is 0.145 e. The number of aromatic nitrogens is 6. The van der Waals surface area contributed by atoms with Crippen LogP contribution in [-0.4, -0.2) is 33.6 Å². The minimum Gasteiger partial charge on any atom is -0.310 e. The van der Waals surface area contributed by atoms with Gasteiger partial charge in [0.25, 0.3) is 0 Å². The van der Waals surface area contributed by atoms with Gasteiger partial charge < -0.3 is 4.90 Å². The Morgan fingerprint density at radius 2 is 0.632 bits per heavy atom. The fraction of sp³-hybridized carbons (Fsp3) is 0.0290. The third-order valence-electron chi connectivity index (χ3n) is 15.0. The maximum atomic E-state index is 5.19. The van der Waals surface area contributed by atoms with E-state index in [0.717, 1.165) is 142 Å². The summed E-state index contributed by atoms with van der Waals surface area (Å²) >= 11 is 0. The molecule has 7 heteroatoms. The topological polar surface area (TPSA) is 56.7 Å². The standard InChI is InChI=1S/C69H47N7/c1-4-16-55(17-5-1)74-64-25-13-10-22-61(64)70-67(74)49-34-28-46(29-35-49)52-40-58-42-53(47-30-36-50(37-31-47)68-71-62-23-11-14-26-65(62)75(68)56-18-6-2-7-19-56)44-60-45-54(43-59(41-52)73(58)60)48-32-38-51(39-33-48)69-72-63-24-12-15-27-66(63)76(69)57-20-8-3-9-21-57/h1-2,4-8,10-45H,3,9H2. The van der Waals surface area contributed by atoms with Crippen LogP contribution in [0.25, 0.3) is 101 Å². The molecule has 76 heavy (non-hydrogen) atoms. The van der Waals surface area contributed by atoms with E-state index < -0.39 is 0 Å². The van der Waals surface area contributed by atoms with Gasteiger partial charge in [0.2, 0.25) is 0 Å². The lowest BCUT2D eigenvalue weighted by molar-refractivity contribution is 0.567. The molecule has 358 valence electrons. The van der Waals surface area contributed by atoms with Gasteiger partial charge in [-0.15, -0.1) is 0 Å². The Morgan fingerprint density at radius 1 is 0.289 bits per heavy atom. The number of benzene rings is 8. The largest absolute Gasteiger partial charge is 0.310 e. The molecule has 4 aliphatic rings. The number of imidazole rings is 3. The molecule has 0 unspecified atom stereocenters. The van der Waals surface area contributed by atoms with E-state index in [4.69, 9.17) is 15.0 Å². The van der Waals surface area contributed by atoms with Crippen LogP contribution in [0.4, 0.5) is 0 Å². The Balaban J connectivity index is 0.825. The first-order valence-electron chi connectivity index (χ1n) is 26.0. The fourth-order valence-corrected chi connectivity index (χ4v) is 11.3. The highest BCUT2D eigenvalue weighted by Crippen LogP contribution is 2.44. The first kappa shape index (κ1) is 43.5. The number of rotatable bonds is 9. The van der Waals surface area contributed by atoms with Gasteiger partial charge in [-0.1, -0.05) is 158 Å². The highest BCUT2D eigenvalue weighted by molar-refractivity contribution is 5.92. The molecule has 0 saturated carbocycles. The minimum absolute atomic E-state index is 0.912. The van der Waals surface area contributed by atoms with Gasteiger partial charge in [-0.2, -0.15) is 0 Å². The van der Waals surface area contributed by atoms with E-state index in [1.165, 1.54) is 5.70 Å². The summed E-state index contributed by atoms with van der Waals surface area (Å²) in [5, 5.41) is 0. The molecule has 6 heterocycles. The van der Waals surface area contributed by atoms with Crippen LogP contribution in [0.15, 0.2) is 278 Å². The Bertz CT molecular complexity index is 4230. The number of hydrogen-bond donors (Lipinski definition) is 0. The average Bonchev–Trinajstić information content (AvgIpc) is 4.21.